The Labute approximate surface area is 135 Å². The highest BCUT2D eigenvalue weighted by Crippen LogP contribution is 2.18. The van der Waals surface area contributed by atoms with E-state index >= 15 is 0 Å². The maximum absolute atomic E-state index is 10.2. The number of halogens is 2. The number of benzene rings is 1. The molecule has 20 heavy (non-hydrogen) atoms. The summed E-state index contributed by atoms with van der Waals surface area (Å²) >= 11 is 6.58. The second-order valence-corrected chi connectivity index (χ2v) is 7.02. The van der Waals surface area contributed by atoms with E-state index in [1.54, 1.807) is 0 Å². The molecule has 0 bridgehead atoms. The van der Waals surface area contributed by atoms with Crippen LogP contribution in [0, 0.1) is 0 Å². The highest BCUT2D eigenvalue weighted by Gasteiger charge is 2.22. The molecule has 2 rings (SSSR count). The summed E-state index contributed by atoms with van der Waals surface area (Å²) in [6.45, 7) is 4.18. The number of hydrogen-bond acceptors (Lipinski definition) is 2. The summed E-state index contributed by atoms with van der Waals surface area (Å²) in [5, 5.41) is 8.37. The highest BCUT2D eigenvalue weighted by molar-refractivity contribution is 9.28. The minimum atomic E-state index is -0.902. The van der Waals surface area contributed by atoms with Gasteiger partial charge in [0.05, 0.1) is 16.1 Å². The second kappa shape index (κ2) is 9.10. The van der Waals surface area contributed by atoms with Gasteiger partial charge in [0.1, 0.15) is 0 Å². The number of carbonyl (C=O) groups is 1. The lowest BCUT2D eigenvalue weighted by molar-refractivity contribution is -0.132. The van der Waals surface area contributed by atoms with Crippen molar-refractivity contribution in [3.8, 4) is 0 Å². The van der Waals surface area contributed by atoms with Crippen LogP contribution in [-0.4, -0.2) is 23.8 Å². The Hall–Kier alpha value is -0.910. The molecule has 1 aromatic rings. The average molecular weight is 404 g/mol. The van der Waals surface area contributed by atoms with E-state index in [-0.39, 0.29) is 5.57 Å². The number of carboxylic acid groups (broad SMARTS) is 1. The van der Waals surface area contributed by atoms with Gasteiger partial charge in [-0.05, 0) is 56.3 Å². The summed E-state index contributed by atoms with van der Waals surface area (Å²) in [5.74, 6) is -0.902. The largest absolute Gasteiger partial charge is 0.478 e. The summed E-state index contributed by atoms with van der Waals surface area (Å²) in [6, 6.07) is 10.1. The first kappa shape index (κ1) is 17.1. The van der Waals surface area contributed by atoms with Gasteiger partial charge in [0.25, 0.3) is 0 Å². The minimum Gasteiger partial charge on any atom is -0.478 e. The van der Waals surface area contributed by atoms with Crippen LogP contribution in [-0.2, 0) is 9.53 Å². The van der Waals surface area contributed by atoms with Crippen LogP contribution in [0.4, 0.5) is 0 Å². The van der Waals surface area contributed by atoms with Gasteiger partial charge < -0.3 is 9.84 Å². The molecule has 0 aliphatic carbocycles. The lowest BCUT2D eigenvalue weighted by Crippen LogP contribution is -1.99. The molecule has 0 radical (unpaired) electrons. The molecule has 0 amide bonds. The molecule has 1 aromatic carbocycles. The Morgan fingerprint density at radius 2 is 2.00 bits per heavy atom. The second-order valence-electron chi connectivity index (χ2n) is 4.25. The fourth-order valence-electron chi connectivity index (χ4n) is 1.35. The fourth-order valence-corrected chi connectivity index (χ4v) is 1.88. The summed E-state index contributed by atoms with van der Waals surface area (Å²) < 4.78 is 5.87. The molecule has 1 unspecified atom stereocenters. The first-order chi connectivity index (χ1) is 9.49. The standard InChI is InChI=1S/C8H6Br2.C7H10O3/c9-8(10)6-7-4-2-1-3-5-7;1-5(7(8)9)2-3-6-4-10-6/h1-6H;6H,1-4H2,(H,8,9). The maximum atomic E-state index is 10.2. The lowest BCUT2D eigenvalue weighted by atomic mass is 10.1. The number of carboxylic acids is 1. The van der Waals surface area contributed by atoms with Crippen LogP contribution in [0.3, 0.4) is 0 Å². The molecule has 0 spiro atoms. The molecule has 3 nitrogen and oxygen atoms in total. The van der Waals surface area contributed by atoms with Crippen molar-refractivity contribution in [2.45, 2.75) is 18.9 Å². The van der Waals surface area contributed by atoms with Crippen molar-refractivity contribution in [1.29, 1.82) is 0 Å². The molecule has 1 atom stereocenters. The van der Waals surface area contributed by atoms with Gasteiger partial charge >= 0.3 is 5.97 Å². The maximum Gasteiger partial charge on any atom is 0.330 e. The van der Waals surface area contributed by atoms with Gasteiger partial charge in [-0.25, -0.2) is 4.79 Å². The lowest BCUT2D eigenvalue weighted by Gasteiger charge is -1.95. The van der Waals surface area contributed by atoms with Crippen LogP contribution in [0.2, 0.25) is 0 Å². The Balaban J connectivity index is 0.000000200. The molecule has 0 saturated carbocycles. The van der Waals surface area contributed by atoms with Crippen molar-refractivity contribution in [2.24, 2.45) is 0 Å². The predicted molar refractivity (Wildman–Crippen MR) is 88.0 cm³/mol. The zero-order chi connectivity index (χ0) is 15.0. The molecule has 1 N–H and O–H groups in total. The van der Waals surface area contributed by atoms with Gasteiger partial charge in [-0.1, -0.05) is 36.9 Å². The van der Waals surface area contributed by atoms with Crippen LogP contribution >= 0.6 is 31.9 Å². The van der Waals surface area contributed by atoms with E-state index < -0.39 is 5.97 Å². The van der Waals surface area contributed by atoms with Crippen LogP contribution in [0.5, 0.6) is 0 Å². The highest BCUT2D eigenvalue weighted by atomic mass is 79.9. The Morgan fingerprint density at radius 1 is 1.40 bits per heavy atom. The first-order valence-corrected chi connectivity index (χ1v) is 7.68. The Morgan fingerprint density at radius 3 is 2.45 bits per heavy atom. The number of hydrogen-bond donors (Lipinski definition) is 1. The van der Waals surface area contributed by atoms with Gasteiger partial charge in [-0.2, -0.15) is 0 Å². The molecule has 1 aliphatic heterocycles. The molecular weight excluding hydrogens is 388 g/mol. The van der Waals surface area contributed by atoms with Crippen LogP contribution in [0.1, 0.15) is 18.4 Å². The van der Waals surface area contributed by atoms with Gasteiger partial charge in [0.15, 0.2) is 0 Å². The van der Waals surface area contributed by atoms with Gasteiger partial charge in [-0.15, -0.1) is 0 Å². The number of aliphatic carboxylic acids is 1. The third kappa shape index (κ3) is 8.30. The molecule has 1 heterocycles. The predicted octanol–water partition coefficient (Wildman–Crippen LogP) is 4.58. The van der Waals surface area contributed by atoms with Crippen molar-refractivity contribution < 1.29 is 14.6 Å². The van der Waals surface area contributed by atoms with Crippen molar-refractivity contribution in [3.63, 3.8) is 0 Å². The third-order valence-corrected chi connectivity index (χ3v) is 3.01. The molecule has 5 heteroatoms. The summed E-state index contributed by atoms with van der Waals surface area (Å²) in [6.07, 6.45) is 3.64. The number of epoxide rings is 1. The monoisotopic (exact) mass is 402 g/mol. The summed E-state index contributed by atoms with van der Waals surface area (Å²) in [5.41, 5.74) is 1.46. The van der Waals surface area contributed by atoms with E-state index in [1.807, 2.05) is 36.4 Å². The fraction of sp³-hybridized carbons (Fsp3) is 0.267. The van der Waals surface area contributed by atoms with E-state index in [2.05, 4.69) is 38.4 Å². The Kier molecular flexibility index (Phi) is 7.80. The Bertz CT molecular complexity index is 475. The molecule has 1 aliphatic rings. The average Bonchev–Trinajstić information content (AvgIpc) is 3.21. The zero-order valence-electron chi connectivity index (χ0n) is 10.9. The molecular formula is C15H16Br2O3. The van der Waals surface area contributed by atoms with E-state index in [4.69, 9.17) is 9.84 Å². The van der Waals surface area contributed by atoms with Crippen LogP contribution < -0.4 is 0 Å². The van der Waals surface area contributed by atoms with Gasteiger partial charge in [0.2, 0.25) is 0 Å². The van der Waals surface area contributed by atoms with Crippen molar-refractivity contribution >= 4 is 43.9 Å². The zero-order valence-corrected chi connectivity index (χ0v) is 14.1. The van der Waals surface area contributed by atoms with Crippen LogP contribution in [0.25, 0.3) is 6.08 Å². The van der Waals surface area contributed by atoms with E-state index in [0.717, 1.165) is 16.4 Å². The van der Waals surface area contributed by atoms with Crippen molar-refractivity contribution in [2.75, 3.05) is 6.61 Å². The quantitative estimate of drug-likeness (QED) is 0.578. The SMILES string of the molecule is BrC(Br)=Cc1ccccc1.C=C(CCC1CO1)C(=O)O. The number of rotatable bonds is 5. The van der Waals surface area contributed by atoms with Gasteiger partial charge in [0, 0.05) is 5.57 Å². The third-order valence-electron chi connectivity index (χ3n) is 2.55. The molecule has 108 valence electrons. The van der Waals surface area contributed by atoms with E-state index in [1.165, 1.54) is 5.56 Å². The number of ether oxygens (including phenoxy) is 1. The summed E-state index contributed by atoms with van der Waals surface area (Å²) in [4.78, 5) is 10.2. The van der Waals surface area contributed by atoms with Crippen molar-refractivity contribution in [3.05, 3.63) is 51.4 Å². The van der Waals surface area contributed by atoms with Crippen molar-refractivity contribution in [1.82, 2.24) is 0 Å². The van der Waals surface area contributed by atoms with Gasteiger partial charge in [-0.3, -0.25) is 0 Å². The van der Waals surface area contributed by atoms with Crippen LogP contribution in [0.15, 0.2) is 45.9 Å². The molecule has 0 aromatic heterocycles. The minimum absolute atomic E-state index is 0.274. The van der Waals surface area contributed by atoms with E-state index in [0.29, 0.717) is 12.5 Å². The topological polar surface area (TPSA) is 49.8 Å². The molecule has 1 saturated heterocycles. The normalized spacial score (nSPS) is 15.6. The summed E-state index contributed by atoms with van der Waals surface area (Å²) in [7, 11) is 0. The van der Waals surface area contributed by atoms with E-state index in [9.17, 15) is 4.79 Å². The molecule has 1 fully saturated rings. The first-order valence-electron chi connectivity index (χ1n) is 6.09. The smallest absolute Gasteiger partial charge is 0.330 e.